The average Bonchev–Trinajstić information content (AvgIpc) is 2.81. The summed E-state index contributed by atoms with van der Waals surface area (Å²) in [6, 6.07) is 21.3. The number of nitrogens with zero attached hydrogens (tertiary/aromatic N) is 3. The van der Waals surface area contributed by atoms with E-state index in [9.17, 15) is 14.0 Å². The minimum Gasteiger partial charge on any atom is -0.467 e. The molecule has 0 aliphatic heterocycles. The Kier molecular flexibility index (Phi) is 5.66. The summed E-state index contributed by atoms with van der Waals surface area (Å²) in [6.45, 7) is 0. The van der Waals surface area contributed by atoms with Gasteiger partial charge in [-0.15, -0.1) is 0 Å². The fourth-order valence-corrected chi connectivity index (χ4v) is 3.22. The van der Waals surface area contributed by atoms with Crippen LogP contribution in [0.25, 0.3) is 5.65 Å². The maximum Gasteiger partial charge on any atom is 0.336 e. The number of ether oxygens (including phenoxy) is 1. The average molecular weight is 415 g/mol. The Bertz CT molecular complexity index is 1280. The Morgan fingerprint density at radius 2 is 1.61 bits per heavy atom. The Hall–Kier alpha value is -4.13. The molecule has 4 rings (SSSR count). The fraction of sp³-hybridized carbons (Fsp3) is 0.0833. The van der Waals surface area contributed by atoms with Gasteiger partial charge < -0.3 is 4.74 Å². The van der Waals surface area contributed by atoms with Gasteiger partial charge in [-0.2, -0.15) is 0 Å². The van der Waals surface area contributed by atoms with Crippen molar-refractivity contribution in [1.82, 2.24) is 9.38 Å². The maximum atomic E-state index is 13.5. The van der Waals surface area contributed by atoms with Crippen LogP contribution in [-0.4, -0.2) is 28.2 Å². The zero-order valence-electron chi connectivity index (χ0n) is 16.6. The van der Waals surface area contributed by atoms with Crippen LogP contribution >= 0.6 is 0 Å². The van der Waals surface area contributed by atoms with E-state index in [1.807, 2.05) is 60.7 Å². The summed E-state index contributed by atoms with van der Waals surface area (Å²) < 4.78 is 19.6. The molecule has 0 spiro atoms. The fourth-order valence-electron chi connectivity index (χ4n) is 3.22. The molecule has 0 N–H and O–H groups in total. The van der Waals surface area contributed by atoms with E-state index in [2.05, 4.69) is 9.98 Å². The third-order valence-electron chi connectivity index (χ3n) is 4.70. The molecular formula is C24H18FN3O3. The van der Waals surface area contributed by atoms with Crippen molar-refractivity contribution in [3.05, 3.63) is 118 Å². The highest BCUT2D eigenvalue weighted by Crippen LogP contribution is 2.21. The molecule has 2 heterocycles. The zero-order valence-corrected chi connectivity index (χ0v) is 16.6. The molecule has 2 aromatic heterocycles. The normalized spacial score (nSPS) is 11.7. The van der Waals surface area contributed by atoms with Gasteiger partial charge in [0.2, 0.25) is 0 Å². The second-order valence-electron chi connectivity index (χ2n) is 6.73. The SMILES string of the molecule is COC(=O)C(N=C(c1ccccc1)c1ccccc1)c1cc(=O)n2cc(F)ccc2n1. The Labute approximate surface area is 177 Å². The quantitative estimate of drug-likeness (QED) is 0.369. The first-order valence-corrected chi connectivity index (χ1v) is 9.52. The molecule has 0 amide bonds. The lowest BCUT2D eigenvalue weighted by Crippen LogP contribution is -2.22. The lowest BCUT2D eigenvalue weighted by molar-refractivity contribution is -0.142. The second-order valence-corrected chi connectivity index (χ2v) is 6.73. The van der Waals surface area contributed by atoms with Crippen LogP contribution in [0.3, 0.4) is 0 Å². The molecule has 0 aliphatic rings. The molecule has 1 unspecified atom stereocenters. The van der Waals surface area contributed by atoms with E-state index in [0.29, 0.717) is 5.71 Å². The summed E-state index contributed by atoms with van der Waals surface area (Å²) in [4.78, 5) is 34.3. The molecule has 154 valence electrons. The van der Waals surface area contributed by atoms with E-state index in [-0.39, 0.29) is 11.3 Å². The van der Waals surface area contributed by atoms with Gasteiger partial charge in [-0.05, 0) is 12.1 Å². The third-order valence-corrected chi connectivity index (χ3v) is 4.70. The Morgan fingerprint density at radius 3 is 2.19 bits per heavy atom. The van der Waals surface area contributed by atoms with Crippen molar-refractivity contribution >= 4 is 17.3 Å². The third kappa shape index (κ3) is 4.25. The van der Waals surface area contributed by atoms with Crippen molar-refractivity contribution in [3.8, 4) is 0 Å². The van der Waals surface area contributed by atoms with E-state index >= 15 is 0 Å². The molecule has 0 fully saturated rings. The topological polar surface area (TPSA) is 73.0 Å². The monoisotopic (exact) mass is 415 g/mol. The molecule has 0 saturated carbocycles. The van der Waals surface area contributed by atoms with Gasteiger partial charge in [-0.1, -0.05) is 60.7 Å². The first-order chi connectivity index (χ1) is 15.1. The number of pyridine rings is 1. The molecule has 6 nitrogen and oxygen atoms in total. The summed E-state index contributed by atoms with van der Waals surface area (Å²) >= 11 is 0. The van der Waals surface area contributed by atoms with Crippen LogP contribution < -0.4 is 5.56 Å². The molecule has 0 radical (unpaired) electrons. The minimum absolute atomic E-state index is 0.118. The van der Waals surface area contributed by atoms with E-state index in [4.69, 9.17) is 4.74 Å². The number of fused-ring (bicyclic) bond motifs is 1. The number of methoxy groups -OCH3 is 1. The highest BCUT2D eigenvalue weighted by Gasteiger charge is 2.25. The van der Waals surface area contributed by atoms with Crippen molar-refractivity contribution in [2.45, 2.75) is 6.04 Å². The number of esters is 1. The van der Waals surface area contributed by atoms with Crippen molar-refractivity contribution in [2.24, 2.45) is 4.99 Å². The predicted molar refractivity (Wildman–Crippen MR) is 115 cm³/mol. The number of aliphatic imine (C=N–C) groups is 1. The smallest absolute Gasteiger partial charge is 0.336 e. The number of rotatable bonds is 5. The van der Waals surface area contributed by atoms with E-state index < -0.39 is 23.4 Å². The highest BCUT2D eigenvalue weighted by molar-refractivity contribution is 6.13. The molecule has 0 bridgehead atoms. The van der Waals surface area contributed by atoms with Crippen LogP contribution in [0.5, 0.6) is 0 Å². The van der Waals surface area contributed by atoms with Gasteiger partial charge >= 0.3 is 5.97 Å². The molecule has 0 saturated heterocycles. The van der Waals surface area contributed by atoms with Gasteiger partial charge in [-0.25, -0.2) is 14.2 Å². The van der Waals surface area contributed by atoms with Crippen molar-refractivity contribution in [2.75, 3.05) is 7.11 Å². The largest absolute Gasteiger partial charge is 0.467 e. The predicted octanol–water partition coefficient (Wildman–Crippen LogP) is 3.59. The molecular weight excluding hydrogens is 397 g/mol. The maximum absolute atomic E-state index is 13.5. The number of hydrogen-bond acceptors (Lipinski definition) is 5. The Balaban J connectivity index is 1.92. The van der Waals surface area contributed by atoms with Crippen LogP contribution in [0, 0.1) is 5.82 Å². The van der Waals surface area contributed by atoms with Crippen LogP contribution in [0.4, 0.5) is 4.39 Å². The van der Waals surface area contributed by atoms with Crippen molar-refractivity contribution < 1.29 is 13.9 Å². The van der Waals surface area contributed by atoms with Gasteiger partial charge in [-0.3, -0.25) is 14.2 Å². The van der Waals surface area contributed by atoms with Gasteiger partial charge in [0.25, 0.3) is 5.56 Å². The van der Waals surface area contributed by atoms with Crippen molar-refractivity contribution in [3.63, 3.8) is 0 Å². The summed E-state index contributed by atoms with van der Waals surface area (Å²) in [5.41, 5.74) is 1.94. The summed E-state index contributed by atoms with van der Waals surface area (Å²) in [7, 11) is 1.25. The Morgan fingerprint density at radius 1 is 1.00 bits per heavy atom. The van der Waals surface area contributed by atoms with Gasteiger partial charge in [0.1, 0.15) is 11.5 Å². The zero-order chi connectivity index (χ0) is 21.8. The number of hydrogen-bond donors (Lipinski definition) is 0. The molecule has 4 aromatic rings. The molecule has 0 aliphatic carbocycles. The van der Waals surface area contributed by atoms with E-state index in [1.54, 1.807) is 0 Å². The van der Waals surface area contributed by atoms with Crippen molar-refractivity contribution in [1.29, 1.82) is 0 Å². The van der Waals surface area contributed by atoms with Crippen LogP contribution in [0.2, 0.25) is 0 Å². The molecule has 1 atom stereocenters. The van der Waals surface area contributed by atoms with Crippen LogP contribution in [0.1, 0.15) is 22.9 Å². The second kappa shape index (κ2) is 8.71. The number of benzene rings is 2. The molecule has 7 heteroatoms. The van der Waals surface area contributed by atoms with Gasteiger partial charge in [0.15, 0.2) is 6.04 Å². The highest BCUT2D eigenvalue weighted by atomic mass is 19.1. The minimum atomic E-state index is -1.18. The summed E-state index contributed by atoms with van der Waals surface area (Å²) in [5, 5.41) is 0. The van der Waals surface area contributed by atoms with Crippen LogP contribution in [0.15, 0.2) is 94.8 Å². The first-order valence-electron chi connectivity index (χ1n) is 9.52. The number of carbonyl (C=O) groups is 1. The molecule has 31 heavy (non-hydrogen) atoms. The first kappa shape index (κ1) is 20.2. The number of aromatic nitrogens is 2. The van der Waals surface area contributed by atoms with Gasteiger partial charge in [0, 0.05) is 23.4 Å². The van der Waals surface area contributed by atoms with Crippen LogP contribution in [-0.2, 0) is 9.53 Å². The lowest BCUT2D eigenvalue weighted by Gasteiger charge is -2.14. The van der Waals surface area contributed by atoms with E-state index in [1.165, 1.54) is 25.3 Å². The summed E-state index contributed by atoms with van der Waals surface area (Å²) in [6.07, 6.45) is 1.05. The van der Waals surface area contributed by atoms with Gasteiger partial charge in [0.05, 0.1) is 18.5 Å². The van der Waals surface area contributed by atoms with E-state index in [0.717, 1.165) is 21.7 Å². The number of halogens is 1. The number of carbonyl (C=O) groups excluding carboxylic acids is 1. The standard InChI is InChI=1S/C24H18FN3O3/c1-31-24(30)23(19-14-21(29)28-15-18(25)12-13-20(28)26-19)27-22(16-8-4-2-5-9-16)17-10-6-3-7-11-17/h2-15,23H,1H3. The molecule has 2 aromatic carbocycles. The summed E-state index contributed by atoms with van der Waals surface area (Å²) in [5.74, 6) is -1.23. The lowest BCUT2D eigenvalue weighted by atomic mass is 10.0.